The number of rotatable bonds is 2. The van der Waals surface area contributed by atoms with Crippen molar-refractivity contribution in [2.24, 2.45) is 17.8 Å². The molecule has 1 saturated carbocycles. The van der Waals surface area contributed by atoms with E-state index in [-0.39, 0.29) is 23.7 Å². The molecule has 1 aliphatic heterocycles. The maximum Gasteiger partial charge on any atom is 0.310 e. The van der Waals surface area contributed by atoms with Crippen molar-refractivity contribution in [3.05, 3.63) is 35.4 Å². The quantitative estimate of drug-likeness (QED) is 0.762. The van der Waals surface area contributed by atoms with E-state index in [1.54, 1.807) is 7.11 Å². The van der Waals surface area contributed by atoms with E-state index in [0.29, 0.717) is 26.4 Å². The van der Waals surface area contributed by atoms with Gasteiger partial charge in [-0.1, -0.05) is 24.3 Å². The number of benzene rings is 1. The highest BCUT2D eigenvalue weighted by Crippen LogP contribution is 2.47. The topological polar surface area (TPSA) is 44.8 Å². The molecule has 19 heavy (non-hydrogen) atoms. The van der Waals surface area contributed by atoms with E-state index in [2.05, 4.69) is 0 Å². The predicted molar refractivity (Wildman–Crippen MR) is 68.2 cm³/mol. The molecule has 1 aromatic carbocycles. The van der Waals surface area contributed by atoms with Gasteiger partial charge < -0.3 is 14.2 Å². The summed E-state index contributed by atoms with van der Waals surface area (Å²) in [5.74, 6) is 0.328. The van der Waals surface area contributed by atoms with E-state index in [1.165, 1.54) is 0 Å². The molecule has 3 rings (SSSR count). The van der Waals surface area contributed by atoms with E-state index in [0.717, 1.165) is 11.1 Å². The minimum atomic E-state index is -0.118. The molecule has 0 N–H and O–H groups in total. The van der Waals surface area contributed by atoms with Crippen LogP contribution in [0.25, 0.3) is 0 Å². The summed E-state index contributed by atoms with van der Waals surface area (Å²) in [4.78, 5) is 12.0. The number of cyclic esters (lactones) is 1. The van der Waals surface area contributed by atoms with Gasteiger partial charge in [0.15, 0.2) is 0 Å². The smallest absolute Gasteiger partial charge is 0.310 e. The number of carbonyl (C=O) groups excluding carboxylic acids is 1. The Hall–Kier alpha value is -1.39. The Labute approximate surface area is 112 Å². The number of fused-ring (bicyclic) bond motifs is 2. The summed E-state index contributed by atoms with van der Waals surface area (Å²) in [7, 11) is 1.66. The van der Waals surface area contributed by atoms with E-state index < -0.39 is 0 Å². The Kier molecular flexibility index (Phi) is 3.53. The summed E-state index contributed by atoms with van der Waals surface area (Å²) >= 11 is 0. The van der Waals surface area contributed by atoms with Crippen molar-refractivity contribution in [3.63, 3.8) is 0 Å². The molecule has 1 aromatic rings. The van der Waals surface area contributed by atoms with Gasteiger partial charge in [0.05, 0.1) is 25.7 Å². The molecule has 0 aromatic heterocycles. The van der Waals surface area contributed by atoms with Gasteiger partial charge in [0.2, 0.25) is 0 Å². The molecular weight excluding hydrogens is 244 g/mol. The standard InChI is InChI=1S/C15H18O4/c1-17-8-12-13-9-18-6-10-4-2-3-5-11(10)7-19-15(16)14(12)13/h2-5,12-14H,6-9H2,1H3/t12-,13+,14-/m1/s1. The summed E-state index contributed by atoms with van der Waals surface area (Å²) in [6, 6.07) is 7.92. The van der Waals surface area contributed by atoms with Crippen molar-refractivity contribution in [2.75, 3.05) is 20.3 Å². The van der Waals surface area contributed by atoms with Crippen molar-refractivity contribution >= 4 is 5.97 Å². The summed E-state index contributed by atoms with van der Waals surface area (Å²) < 4.78 is 16.3. The lowest BCUT2D eigenvalue weighted by molar-refractivity contribution is -0.147. The van der Waals surface area contributed by atoms with E-state index in [4.69, 9.17) is 14.2 Å². The fraction of sp³-hybridized carbons (Fsp3) is 0.533. The molecule has 2 aliphatic rings. The predicted octanol–water partition coefficient (Wildman–Crippen LogP) is 1.77. The van der Waals surface area contributed by atoms with Gasteiger partial charge in [0.25, 0.3) is 0 Å². The third kappa shape index (κ3) is 2.51. The van der Waals surface area contributed by atoms with Crippen molar-refractivity contribution in [2.45, 2.75) is 13.2 Å². The molecular formula is C15H18O4. The number of hydrogen-bond acceptors (Lipinski definition) is 4. The molecule has 0 bridgehead atoms. The van der Waals surface area contributed by atoms with Crippen LogP contribution in [0.4, 0.5) is 0 Å². The fourth-order valence-corrected chi connectivity index (χ4v) is 2.83. The minimum Gasteiger partial charge on any atom is -0.461 e. The summed E-state index contributed by atoms with van der Waals surface area (Å²) in [6.45, 7) is 2.11. The lowest BCUT2D eigenvalue weighted by Gasteiger charge is -2.12. The Bertz CT molecular complexity index is 471. The second-order valence-electron chi connectivity index (χ2n) is 5.20. The van der Waals surface area contributed by atoms with Crippen LogP contribution in [0, 0.1) is 17.8 Å². The van der Waals surface area contributed by atoms with Crippen LogP contribution in [0.5, 0.6) is 0 Å². The van der Waals surface area contributed by atoms with Crippen LogP contribution >= 0.6 is 0 Å². The zero-order valence-corrected chi connectivity index (χ0v) is 11.0. The van der Waals surface area contributed by atoms with Crippen LogP contribution in [0.15, 0.2) is 24.3 Å². The monoisotopic (exact) mass is 262 g/mol. The van der Waals surface area contributed by atoms with Gasteiger partial charge in [0.1, 0.15) is 6.61 Å². The van der Waals surface area contributed by atoms with Crippen LogP contribution in [0.2, 0.25) is 0 Å². The van der Waals surface area contributed by atoms with Crippen molar-refractivity contribution in [1.29, 1.82) is 0 Å². The maximum atomic E-state index is 12.0. The van der Waals surface area contributed by atoms with Gasteiger partial charge in [-0.05, 0) is 11.1 Å². The van der Waals surface area contributed by atoms with Crippen LogP contribution in [-0.4, -0.2) is 26.3 Å². The zero-order chi connectivity index (χ0) is 13.2. The molecule has 0 unspecified atom stereocenters. The average Bonchev–Trinajstić information content (AvgIpc) is 3.11. The third-order valence-electron chi connectivity index (χ3n) is 4.02. The van der Waals surface area contributed by atoms with Gasteiger partial charge in [-0.15, -0.1) is 0 Å². The molecule has 0 radical (unpaired) electrons. The Balaban J connectivity index is 1.74. The van der Waals surface area contributed by atoms with Crippen LogP contribution in [0.1, 0.15) is 11.1 Å². The van der Waals surface area contributed by atoms with Crippen LogP contribution < -0.4 is 0 Å². The number of methoxy groups -OCH3 is 1. The summed E-state index contributed by atoms with van der Waals surface area (Å²) in [5.41, 5.74) is 2.12. The van der Waals surface area contributed by atoms with E-state index in [1.807, 2.05) is 24.3 Å². The largest absolute Gasteiger partial charge is 0.461 e. The highest BCUT2D eigenvalue weighted by atomic mass is 16.5. The first-order chi connectivity index (χ1) is 9.31. The SMILES string of the molecule is COC[C@@H]1[C@@H]2COCc3ccccc3COC(=O)[C@H]12. The van der Waals surface area contributed by atoms with Gasteiger partial charge in [-0.2, -0.15) is 0 Å². The summed E-state index contributed by atoms with van der Waals surface area (Å²) in [5, 5.41) is 0. The molecule has 1 fully saturated rings. The molecule has 1 heterocycles. The molecule has 1 aliphatic carbocycles. The van der Waals surface area contributed by atoms with Gasteiger partial charge in [0, 0.05) is 18.9 Å². The molecule has 102 valence electrons. The van der Waals surface area contributed by atoms with Crippen molar-refractivity contribution in [1.82, 2.24) is 0 Å². The first-order valence-electron chi connectivity index (χ1n) is 6.61. The number of esters is 1. The number of ether oxygens (including phenoxy) is 3. The van der Waals surface area contributed by atoms with Crippen molar-refractivity contribution in [3.8, 4) is 0 Å². The molecule has 3 atom stereocenters. The lowest BCUT2D eigenvalue weighted by atomic mass is 10.1. The molecule has 0 spiro atoms. The third-order valence-corrected chi connectivity index (χ3v) is 4.02. The van der Waals surface area contributed by atoms with Crippen LogP contribution in [-0.2, 0) is 32.2 Å². The summed E-state index contributed by atoms with van der Waals surface area (Å²) in [6.07, 6.45) is 0. The van der Waals surface area contributed by atoms with Crippen LogP contribution in [0.3, 0.4) is 0 Å². The normalized spacial score (nSPS) is 29.9. The van der Waals surface area contributed by atoms with Gasteiger partial charge >= 0.3 is 5.97 Å². The maximum absolute atomic E-state index is 12.0. The number of hydrogen-bond donors (Lipinski definition) is 0. The Morgan fingerprint density at radius 2 is 2.00 bits per heavy atom. The lowest BCUT2D eigenvalue weighted by Crippen LogP contribution is -2.13. The Morgan fingerprint density at radius 1 is 1.26 bits per heavy atom. The second-order valence-corrected chi connectivity index (χ2v) is 5.20. The first-order valence-corrected chi connectivity index (χ1v) is 6.61. The second kappa shape index (κ2) is 5.31. The highest BCUT2D eigenvalue weighted by Gasteiger charge is 2.55. The minimum absolute atomic E-state index is 0.0507. The van der Waals surface area contributed by atoms with Gasteiger partial charge in [-0.3, -0.25) is 4.79 Å². The van der Waals surface area contributed by atoms with E-state index in [9.17, 15) is 4.79 Å². The average molecular weight is 262 g/mol. The Morgan fingerprint density at radius 3 is 2.74 bits per heavy atom. The molecule has 4 heteroatoms. The van der Waals surface area contributed by atoms with Crippen molar-refractivity contribution < 1.29 is 19.0 Å². The first kappa shape index (κ1) is 12.6. The highest BCUT2D eigenvalue weighted by molar-refractivity contribution is 5.76. The molecule has 4 nitrogen and oxygen atoms in total. The molecule has 0 amide bonds. The fourth-order valence-electron chi connectivity index (χ4n) is 2.83. The molecule has 0 saturated heterocycles. The van der Waals surface area contributed by atoms with E-state index >= 15 is 0 Å². The zero-order valence-electron chi connectivity index (χ0n) is 11.0. The van der Waals surface area contributed by atoms with Gasteiger partial charge in [-0.25, -0.2) is 0 Å². The number of carbonyl (C=O) groups is 1.